The first-order valence-corrected chi connectivity index (χ1v) is 10.9. The van der Waals surface area contributed by atoms with Gasteiger partial charge in [-0.2, -0.15) is 0 Å². The van der Waals surface area contributed by atoms with Crippen molar-refractivity contribution in [1.29, 1.82) is 0 Å². The number of phenols is 1. The van der Waals surface area contributed by atoms with Gasteiger partial charge in [0.1, 0.15) is 6.10 Å². The molecule has 0 spiro atoms. The van der Waals surface area contributed by atoms with E-state index < -0.39 is 18.2 Å². The monoisotopic (exact) mass is 445 g/mol. The molecular formula is C23H27NO6S. The van der Waals surface area contributed by atoms with E-state index in [2.05, 4.69) is 5.32 Å². The predicted octanol–water partition coefficient (Wildman–Crippen LogP) is 5.47. The number of carboxylic acid groups (broad SMARTS) is 1. The van der Waals surface area contributed by atoms with Crippen molar-refractivity contribution < 1.29 is 29.3 Å². The molecule has 0 bridgehead atoms. The second kappa shape index (κ2) is 11.9. The Hall–Kier alpha value is -3.13. The number of rotatable bonds is 10. The predicted molar refractivity (Wildman–Crippen MR) is 121 cm³/mol. The fraction of sp³-hybridized carbons (Fsp3) is 0.304. The van der Waals surface area contributed by atoms with Crippen LogP contribution in [0.1, 0.15) is 31.4 Å². The van der Waals surface area contributed by atoms with Crippen molar-refractivity contribution in [2.24, 2.45) is 5.92 Å². The number of nitrogens with one attached hydrogen (secondary N) is 1. The molecule has 0 aromatic heterocycles. The molecule has 8 heteroatoms. The van der Waals surface area contributed by atoms with Crippen molar-refractivity contribution in [3.05, 3.63) is 60.2 Å². The zero-order valence-electron chi connectivity index (χ0n) is 17.7. The van der Waals surface area contributed by atoms with Crippen molar-refractivity contribution in [3.63, 3.8) is 0 Å². The zero-order valence-corrected chi connectivity index (χ0v) is 18.5. The van der Waals surface area contributed by atoms with Gasteiger partial charge in [0.25, 0.3) is 0 Å². The lowest BCUT2D eigenvalue weighted by Crippen LogP contribution is -2.22. The minimum absolute atomic E-state index is 0.0559. The van der Waals surface area contributed by atoms with E-state index in [-0.39, 0.29) is 11.7 Å². The molecule has 0 heterocycles. The average Bonchev–Trinajstić information content (AvgIpc) is 2.75. The summed E-state index contributed by atoms with van der Waals surface area (Å²) in [6.45, 7) is 1.90. The van der Waals surface area contributed by atoms with Crippen LogP contribution < -0.4 is 10.1 Å². The molecule has 2 rings (SSSR count). The summed E-state index contributed by atoms with van der Waals surface area (Å²) >= 11 is 1.60. The van der Waals surface area contributed by atoms with Crippen LogP contribution in [0.25, 0.3) is 0 Å². The number of hydrogen-bond acceptors (Lipinski definition) is 6. The first-order valence-electron chi connectivity index (χ1n) is 9.72. The Morgan fingerprint density at radius 3 is 2.48 bits per heavy atom. The Labute approximate surface area is 186 Å². The third-order valence-corrected chi connectivity index (χ3v) is 5.41. The number of carboxylic acids is 1. The third-order valence-electron chi connectivity index (χ3n) is 4.67. The number of allylic oxidation sites excluding steroid dienone is 1. The van der Waals surface area contributed by atoms with Crippen LogP contribution in [-0.2, 0) is 9.53 Å². The van der Waals surface area contributed by atoms with Crippen LogP contribution in [0, 0.1) is 5.92 Å². The lowest BCUT2D eigenvalue weighted by atomic mass is 9.92. The largest absolute Gasteiger partial charge is 0.504 e. The molecule has 0 fully saturated rings. The number of methoxy groups -OCH3 is 1. The summed E-state index contributed by atoms with van der Waals surface area (Å²) in [4.78, 5) is 24.3. The molecule has 0 aliphatic heterocycles. The molecule has 2 aromatic rings. The summed E-state index contributed by atoms with van der Waals surface area (Å²) in [5.74, 6) is -0.888. The van der Waals surface area contributed by atoms with Crippen LogP contribution >= 0.6 is 11.8 Å². The van der Waals surface area contributed by atoms with Crippen LogP contribution in [0.5, 0.6) is 11.5 Å². The van der Waals surface area contributed by atoms with Gasteiger partial charge in [0, 0.05) is 16.7 Å². The molecule has 2 atom stereocenters. The molecule has 1 amide bonds. The Morgan fingerprint density at radius 2 is 1.90 bits per heavy atom. The number of aliphatic carboxylic acids is 1. The van der Waals surface area contributed by atoms with Gasteiger partial charge in [-0.1, -0.05) is 19.1 Å². The Morgan fingerprint density at radius 1 is 1.19 bits per heavy atom. The fourth-order valence-electron chi connectivity index (χ4n) is 3.03. The highest BCUT2D eigenvalue weighted by Crippen LogP contribution is 2.35. The topological polar surface area (TPSA) is 105 Å². The number of aromatic hydroxyl groups is 1. The standard InChI is InChI=1S/C23H27NO6S/c1-15(6-4-5-7-21(26)27)22(16-8-13-20(29-2)19(25)14-16)30-23(28)24-17-9-11-18(31-3)12-10-17/h5,7-15,22,25H,4,6H2,1-3H3,(H,24,28)(H,26,27)/b7-5+/t15-,22+/m0/s1. The van der Waals surface area contributed by atoms with E-state index in [9.17, 15) is 14.7 Å². The zero-order chi connectivity index (χ0) is 22.8. The second-order valence-electron chi connectivity index (χ2n) is 6.91. The van der Waals surface area contributed by atoms with Gasteiger partial charge in [0.2, 0.25) is 0 Å². The number of benzene rings is 2. The summed E-state index contributed by atoms with van der Waals surface area (Å²) in [5, 5.41) is 21.6. The second-order valence-corrected chi connectivity index (χ2v) is 7.79. The molecule has 0 unspecified atom stereocenters. The molecule has 0 radical (unpaired) electrons. The molecule has 7 nitrogen and oxygen atoms in total. The Balaban J connectivity index is 2.16. The van der Waals surface area contributed by atoms with E-state index in [1.165, 1.54) is 13.2 Å². The summed E-state index contributed by atoms with van der Waals surface area (Å²) in [5.41, 5.74) is 1.22. The Kier molecular flexibility index (Phi) is 9.27. The van der Waals surface area contributed by atoms with Gasteiger partial charge >= 0.3 is 12.1 Å². The fourth-order valence-corrected chi connectivity index (χ4v) is 3.44. The first kappa shape index (κ1) is 24.1. The molecule has 31 heavy (non-hydrogen) atoms. The number of thioether (sulfide) groups is 1. The van der Waals surface area contributed by atoms with Crippen LogP contribution in [0.2, 0.25) is 0 Å². The van der Waals surface area contributed by atoms with Crippen LogP contribution in [0.4, 0.5) is 10.5 Å². The minimum atomic E-state index is -1.01. The van der Waals surface area contributed by atoms with E-state index in [1.807, 2.05) is 25.3 Å². The number of phenolic OH excluding ortho intramolecular Hbond substituents is 1. The van der Waals surface area contributed by atoms with Crippen molar-refractivity contribution >= 4 is 29.5 Å². The van der Waals surface area contributed by atoms with E-state index in [4.69, 9.17) is 14.6 Å². The summed E-state index contributed by atoms with van der Waals surface area (Å²) in [6, 6.07) is 12.2. The van der Waals surface area contributed by atoms with Crippen molar-refractivity contribution in [2.75, 3.05) is 18.7 Å². The lowest BCUT2D eigenvalue weighted by Gasteiger charge is -2.25. The van der Waals surface area contributed by atoms with Crippen molar-refractivity contribution in [2.45, 2.75) is 30.8 Å². The van der Waals surface area contributed by atoms with Gasteiger partial charge < -0.3 is 19.7 Å². The van der Waals surface area contributed by atoms with Crippen LogP contribution in [0.15, 0.2) is 59.5 Å². The number of anilines is 1. The summed E-state index contributed by atoms with van der Waals surface area (Å²) in [7, 11) is 1.45. The van der Waals surface area contributed by atoms with Crippen molar-refractivity contribution in [1.82, 2.24) is 0 Å². The van der Waals surface area contributed by atoms with Gasteiger partial charge in [0.05, 0.1) is 7.11 Å². The highest BCUT2D eigenvalue weighted by atomic mass is 32.2. The van der Waals surface area contributed by atoms with Crippen molar-refractivity contribution in [3.8, 4) is 11.5 Å². The van der Waals surface area contributed by atoms with E-state index in [0.29, 0.717) is 29.8 Å². The number of ether oxygens (including phenoxy) is 2. The molecule has 3 N–H and O–H groups in total. The van der Waals surface area contributed by atoms with Gasteiger partial charge in [0.15, 0.2) is 11.5 Å². The highest BCUT2D eigenvalue weighted by Gasteiger charge is 2.24. The number of hydrogen-bond donors (Lipinski definition) is 3. The number of carbonyl (C=O) groups excluding carboxylic acids is 1. The van der Waals surface area contributed by atoms with Gasteiger partial charge in [-0.25, -0.2) is 9.59 Å². The summed E-state index contributed by atoms with van der Waals surface area (Å²) < 4.78 is 10.8. The molecular weight excluding hydrogens is 418 g/mol. The van der Waals surface area contributed by atoms with Gasteiger partial charge in [-0.3, -0.25) is 5.32 Å². The quantitative estimate of drug-likeness (QED) is 0.329. The smallest absolute Gasteiger partial charge is 0.412 e. The first-order chi connectivity index (χ1) is 14.8. The molecule has 166 valence electrons. The molecule has 2 aromatic carbocycles. The summed E-state index contributed by atoms with van der Waals surface area (Å²) in [6.07, 6.45) is 4.44. The minimum Gasteiger partial charge on any atom is -0.504 e. The molecule has 0 aliphatic rings. The Bertz CT molecular complexity index is 913. The van der Waals surface area contributed by atoms with Crippen LogP contribution in [-0.4, -0.2) is 35.6 Å². The molecule has 0 saturated carbocycles. The van der Waals surface area contributed by atoms with Gasteiger partial charge in [-0.05, 0) is 67.0 Å². The van der Waals surface area contributed by atoms with E-state index in [1.54, 1.807) is 42.1 Å². The lowest BCUT2D eigenvalue weighted by molar-refractivity contribution is -0.131. The van der Waals surface area contributed by atoms with E-state index >= 15 is 0 Å². The van der Waals surface area contributed by atoms with Crippen LogP contribution in [0.3, 0.4) is 0 Å². The third kappa shape index (κ3) is 7.57. The average molecular weight is 446 g/mol. The van der Waals surface area contributed by atoms with E-state index in [0.717, 1.165) is 11.0 Å². The molecule has 0 aliphatic carbocycles. The maximum absolute atomic E-state index is 12.6. The maximum atomic E-state index is 12.6. The molecule has 0 saturated heterocycles. The normalized spacial score (nSPS) is 12.9. The van der Waals surface area contributed by atoms with Gasteiger partial charge in [-0.15, -0.1) is 11.8 Å². The maximum Gasteiger partial charge on any atom is 0.412 e. The SMILES string of the molecule is COc1ccc([C@H](OC(=O)Nc2ccc(SC)cc2)[C@@H](C)CC/C=C/C(=O)O)cc1O. The number of amides is 1. The highest BCUT2D eigenvalue weighted by molar-refractivity contribution is 7.98. The number of carbonyl (C=O) groups is 2.